The fraction of sp³-hybridized carbons (Fsp3) is 0.818. The molecule has 0 saturated carbocycles. The first-order valence-corrected chi connectivity index (χ1v) is 7.81. The maximum Gasteiger partial charge on any atom is 0.315 e. The van der Waals surface area contributed by atoms with Gasteiger partial charge in [-0.25, -0.2) is 18.4 Å². The molecule has 2 amide bonds. The Morgan fingerprint density at radius 2 is 1.70 bits per heavy atom. The highest BCUT2D eigenvalue weighted by molar-refractivity contribution is 7.89. The Morgan fingerprint density at radius 1 is 1.20 bits per heavy atom. The van der Waals surface area contributed by atoms with Crippen LogP contribution < -0.4 is 15.8 Å². The van der Waals surface area contributed by atoms with Crippen LogP contribution in [0, 0.1) is 5.41 Å². The molecular weight excluding hydrogens is 286 g/mol. The summed E-state index contributed by atoms with van der Waals surface area (Å²) in [4.78, 5) is 22.8. The molecule has 0 radical (unpaired) electrons. The molecule has 0 aliphatic carbocycles. The standard InChI is InChI=1S/C11H23N3O5S/c1-10(2,8(15)16)11(3,4)14-9(17)13-6-5-7-20(12,18)19/h5-7H2,1-4H3,(H,15,16)(H2,12,18,19)(H2,13,14,17). The second-order valence-electron chi connectivity index (χ2n) is 5.66. The third kappa shape index (κ3) is 5.74. The number of nitrogens with two attached hydrogens (primary N) is 1. The van der Waals surface area contributed by atoms with Crippen LogP contribution in [0.1, 0.15) is 34.1 Å². The zero-order valence-corrected chi connectivity index (χ0v) is 13.0. The van der Waals surface area contributed by atoms with Crippen LogP contribution >= 0.6 is 0 Å². The van der Waals surface area contributed by atoms with Crippen LogP contribution in [0.3, 0.4) is 0 Å². The Morgan fingerprint density at radius 3 is 2.10 bits per heavy atom. The van der Waals surface area contributed by atoms with Gasteiger partial charge in [0.25, 0.3) is 0 Å². The van der Waals surface area contributed by atoms with Gasteiger partial charge >= 0.3 is 12.0 Å². The van der Waals surface area contributed by atoms with Crippen molar-refractivity contribution in [2.75, 3.05) is 12.3 Å². The number of hydrogen-bond acceptors (Lipinski definition) is 4. The van der Waals surface area contributed by atoms with Gasteiger partial charge in [-0.2, -0.15) is 0 Å². The summed E-state index contributed by atoms with van der Waals surface area (Å²) >= 11 is 0. The number of amides is 2. The molecule has 0 saturated heterocycles. The van der Waals surface area contributed by atoms with E-state index in [0.717, 1.165) is 0 Å². The Labute approximate surface area is 119 Å². The number of rotatable bonds is 7. The SMILES string of the molecule is CC(C)(NC(=O)NCCCS(N)(=O)=O)C(C)(C)C(=O)O. The molecule has 0 heterocycles. The van der Waals surface area contributed by atoms with E-state index in [1.165, 1.54) is 13.8 Å². The van der Waals surface area contributed by atoms with Crippen LogP contribution in [0.2, 0.25) is 0 Å². The first-order valence-electron chi connectivity index (χ1n) is 6.09. The lowest BCUT2D eigenvalue weighted by atomic mass is 9.74. The molecule has 0 unspecified atom stereocenters. The summed E-state index contributed by atoms with van der Waals surface area (Å²) in [6, 6.07) is -0.557. The van der Waals surface area contributed by atoms with Crippen molar-refractivity contribution < 1.29 is 23.1 Å². The van der Waals surface area contributed by atoms with E-state index in [4.69, 9.17) is 10.2 Å². The van der Waals surface area contributed by atoms with Gasteiger partial charge < -0.3 is 15.7 Å². The van der Waals surface area contributed by atoms with E-state index >= 15 is 0 Å². The molecule has 0 aliphatic rings. The predicted octanol–water partition coefficient (Wildman–Crippen LogP) is -0.146. The summed E-state index contributed by atoms with van der Waals surface area (Å²) in [6.45, 7) is 6.36. The molecule has 0 spiro atoms. The zero-order valence-electron chi connectivity index (χ0n) is 12.2. The summed E-state index contributed by atoms with van der Waals surface area (Å²) in [5, 5.41) is 19.0. The maximum atomic E-state index is 11.7. The third-order valence-electron chi connectivity index (χ3n) is 3.41. The largest absolute Gasteiger partial charge is 0.481 e. The van der Waals surface area contributed by atoms with Crippen LogP contribution in [0.25, 0.3) is 0 Å². The first-order chi connectivity index (χ1) is 8.79. The van der Waals surface area contributed by atoms with Gasteiger partial charge in [0.2, 0.25) is 10.0 Å². The quantitative estimate of drug-likeness (QED) is 0.484. The fourth-order valence-electron chi connectivity index (χ4n) is 1.23. The van der Waals surface area contributed by atoms with Gasteiger partial charge in [0.05, 0.1) is 16.7 Å². The van der Waals surface area contributed by atoms with Crippen molar-refractivity contribution in [2.45, 2.75) is 39.7 Å². The lowest BCUT2D eigenvalue weighted by Gasteiger charge is -2.38. The number of urea groups is 1. The van der Waals surface area contributed by atoms with Gasteiger partial charge in [0.15, 0.2) is 0 Å². The van der Waals surface area contributed by atoms with E-state index in [-0.39, 0.29) is 18.7 Å². The molecule has 0 atom stereocenters. The highest BCUT2D eigenvalue weighted by Gasteiger charge is 2.44. The molecule has 0 aromatic rings. The van der Waals surface area contributed by atoms with Crippen LogP contribution in [0.5, 0.6) is 0 Å². The Kier molecular flexibility index (Phi) is 5.97. The predicted molar refractivity (Wildman–Crippen MR) is 74.6 cm³/mol. The third-order valence-corrected chi connectivity index (χ3v) is 4.27. The lowest BCUT2D eigenvalue weighted by molar-refractivity contribution is -0.150. The Hall–Kier alpha value is -1.35. The fourth-order valence-corrected chi connectivity index (χ4v) is 1.77. The molecule has 20 heavy (non-hydrogen) atoms. The number of nitrogens with one attached hydrogen (secondary N) is 2. The molecule has 9 heteroatoms. The van der Waals surface area contributed by atoms with Gasteiger partial charge in [-0.15, -0.1) is 0 Å². The summed E-state index contributed by atoms with van der Waals surface area (Å²) in [6.07, 6.45) is 0.189. The zero-order chi connectivity index (χ0) is 16.2. The molecule has 5 N–H and O–H groups in total. The van der Waals surface area contributed by atoms with Gasteiger partial charge in [-0.3, -0.25) is 4.79 Å². The normalized spacial score (nSPS) is 12.8. The monoisotopic (exact) mass is 309 g/mol. The molecule has 0 aliphatic heterocycles. The lowest BCUT2D eigenvalue weighted by Crippen LogP contribution is -2.59. The number of hydrogen-bond donors (Lipinski definition) is 4. The van der Waals surface area contributed by atoms with Crippen molar-refractivity contribution in [1.29, 1.82) is 0 Å². The summed E-state index contributed by atoms with van der Waals surface area (Å²) < 4.78 is 21.4. The smallest absolute Gasteiger partial charge is 0.315 e. The molecular formula is C11H23N3O5S. The molecule has 0 aromatic heterocycles. The average molecular weight is 309 g/mol. The minimum Gasteiger partial charge on any atom is -0.481 e. The van der Waals surface area contributed by atoms with Gasteiger partial charge in [0.1, 0.15) is 0 Å². The molecule has 0 bridgehead atoms. The number of primary sulfonamides is 1. The molecule has 118 valence electrons. The maximum absolute atomic E-state index is 11.7. The van der Waals surface area contributed by atoms with Crippen LogP contribution in [0.15, 0.2) is 0 Å². The molecule has 0 aromatic carbocycles. The molecule has 8 nitrogen and oxygen atoms in total. The topological polar surface area (TPSA) is 139 Å². The number of carbonyl (C=O) groups excluding carboxylic acids is 1. The number of carbonyl (C=O) groups is 2. The average Bonchev–Trinajstić information content (AvgIpc) is 2.22. The highest BCUT2D eigenvalue weighted by atomic mass is 32.2. The van der Waals surface area contributed by atoms with Crippen molar-refractivity contribution in [1.82, 2.24) is 10.6 Å². The Bertz CT molecular complexity index is 470. The van der Waals surface area contributed by atoms with Crippen LogP contribution in [0.4, 0.5) is 4.79 Å². The Balaban J connectivity index is 4.37. The first kappa shape index (κ1) is 18.7. The van der Waals surface area contributed by atoms with E-state index < -0.39 is 33.0 Å². The van der Waals surface area contributed by atoms with Crippen molar-refractivity contribution >= 4 is 22.0 Å². The number of carboxylic acid groups (broad SMARTS) is 1. The summed E-state index contributed by atoms with van der Waals surface area (Å²) in [5.74, 6) is -1.26. The number of carboxylic acids is 1. The van der Waals surface area contributed by atoms with E-state index in [1.807, 2.05) is 0 Å². The van der Waals surface area contributed by atoms with E-state index in [1.54, 1.807) is 13.8 Å². The summed E-state index contributed by atoms with van der Waals surface area (Å²) in [7, 11) is -3.54. The minimum atomic E-state index is -3.54. The summed E-state index contributed by atoms with van der Waals surface area (Å²) in [5.41, 5.74) is -2.15. The second kappa shape index (κ2) is 6.40. The van der Waals surface area contributed by atoms with Crippen molar-refractivity contribution in [3.05, 3.63) is 0 Å². The number of sulfonamides is 1. The van der Waals surface area contributed by atoms with Crippen LogP contribution in [-0.2, 0) is 14.8 Å². The molecule has 0 fully saturated rings. The van der Waals surface area contributed by atoms with Crippen molar-refractivity contribution in [3.63, 3.8) is 0 Å². The second-order valence-corrected chi connectivity index (χ2v) is 7.39. The van der Waals surface area contributed by atoms with Crippen molar-refractivity contribution in [3.8, 4) is 0 Å². The minimum absolute atomic E-state index is 0.131. The van der Waals surface area contributed by atoms with E-state index in [9.17, 15) is 18.0 Å². The molecule has 0 rings (SSSR count). The van der Waals surface area contributed by atoms with Gasteiger partial charge in [0, 0.05) is 6.54 Å². The van der Waals surface area contributed by atoms with E-state index in [0.29, 0.717) is 0 Å². The van der Waals surface area contributed by atoms with Gasteiger partial charge in [-0.1, -0.05) is 0 Å². The number of aliphatic carboxylic acids is 1. The van der Waals surface area contributed by atoms with Crippen molar-refractivity contribution in [2.24, 2.45) is 10.6 Å². The van der Waals surface area contributed by atoms with E-state index in [2.05, 4.69) is 10.6 Å². The van der Waals surface area contributed by atoms with Gasteiger partial charge in [-0.05, 0) is 34.1 Å². The highest BCUT2D eigenvalue weighted by Crippen LogP contribution is 2.30. The van der Waals surface area contributed by atoms with Crippen LogP contribution in [-0.4, -0.2) is 43.4 Å².